The summed E-state index contributed by atoms with van der Waals surface area (Å²) in [6.45, 7) is 12.8. The van der Waals surface area contributed by atoms with E-state index < -0.39 is 47.6 Å². The standard InChI is InChI=1S/C39H51ClN8O7/c1-20-16-28-25(21(2)19-47-12-14-48(15-13-47)37-43-23(4)26(18-41)34(42)45-37)11-10-22(3)39(28,52)33(32(20)53-24(5)49)54-35(50)30-17-38(51)27-8-7-9-29(40)31(27)46(6)55-36(38)44-30/h7-9,16,21-22,25,28,30,32-33,36,44,51-52H,10-15,17,19H2,1-6H3,(H2,42,43,45)/t21?,22-,25+,28-,30+,32-,33+,36-,38-,39-/m1/s1. The largest absolute Gasteiger partial charge is 0.454 e. The number of nitrogens with one attached hydrogen (secondary N) is 1. The minimum Gasteiger partial charge on any atom is -0.454 e. The summed E-state index contributed by atoms with van der Waals surface area (Å²) in [6.07, 6.45) is 0.350. The van der Waals surface area contributed by atoms with Crippen molar-refractivity contribution in [1.82, 2.24) is 20.2 Å². The van der Waals surface area contributed by atoms with Gasteiger partial charge in [0, 0.05) is 64.6 Å². The normalized spacial score (nSPS) is 33.7. The molecular weight excluding hydrogens is 728 g/mol. The van der Waals surface area contributed by atoms with Crippen molar-refractivity contribution in [2.45, 2.75) is 89.6 Å². The molecule has 15 nitrogen and oxygen atoms in total. The molecule has 1 aromatic carbocycles. The van der Waals surface area contributed by atoms with Gasteiger partial charge in [-0.2, -0.15) is 10.2 Å². The Bertz CT molecular complexity index is 1900. The molecule has 5 N–H and O–H groups in total. The van der Waals surface area contributed by atoms with Gasteiger partial charge in [-0.3, -0.25) is 29.7 Å². The number of piperazine rings is 1. The van der Waals surface area contributed by atoms with Crippen LogP contribution in [0.4, 0.5) is 17.5 Å². The summed E-state index contributed by atoms with van der Waals surface area (Å²) in [5, 5.41) is 39.2. The molecule has 4 heterocycles. The fourth-order valence-corrected chi connectivity index (χ4v) is 9.99. The van der Waals surface area contributed by atoms with E-state index in [1.807, 2.05) is 19.9 Å². The first-order valence-corrected chi connectivity index (χ1v) is 19.4. The van der Waals surface area contributed by atoms with E-state index in [1.54, 1.807) is 32.2 Å². The number of esters is 2. The van der Waals surface area contributed by atoms with Gasteiger partial charge < -0.3 is 30.3 Å². The van der Waals surface area contributed by atoms with E-state index in [9.17, 15) is 25.1 Å². The molecule has 1 unspecified atom stereocenters. The number of fused-ring (bicyclic) bond motifs is 4. The van der Waals surface area contributed by atoms with E-state index in [2.05, 4.69) is 38.1 Å². The summed E-state index contributed by atoms with van der Waals surface area (Å²) in [5.41, 5.74) is 5.51. The molecule has 16 heteroatoms. The van der Waals surface area contributed by atoms with E-state index in [0.717, 1.165) is 26.1 Å². The Balaban J connectivity index is 1.09. The maximum atomic E-state index is 14.2. The molecule has 3 fully saturated rings. The van der Waals surface area contributed by atoms with Crippen LogP contribution in [0.3, 0.4) is 0 Å². The Morgan fingerprint density at radius 2 is 1.91 bits per heavy atom. The Kier molecular flexibility index (Phi) is 10.5. The molecule has 2 saturated heterocycles. The summed E-state index contributed by atoms with van der Waals surface area (Å²) in [6, 6.07) is 6.27. The minimum absolute atomic E-state index is 0.0383. The number of para-hydroxylation sites is 1. The van der Waals surface area contributed by atoms with Crippen LogP contribution in [-0.2, 0) is 29.5 Å². The Morgan fingerprint density at radius 1 is 1.18 bits per heavy atom. The van der Waals surface area contributed by atoms with Gasteiger partial charge in [0.2, 0.25) is 5.95 Å². The van der Waals surface area contributed by atoms with Crippen LogP contribution in [0.1, 0.15) is 63.8 Å². The lowest BCUT2D eigenvalue weighted by atomic mass is 9.55. The van der Waals surface area contributed by atoms with Crippen molar-refractivity contribution in [3.8, 4) is 6.07 Å². The number of hydrogen-bond donors (Lipinski definition) is 4. The topological polar surface area (TPSA) is 200 Å². The first-order chi connectivity index (χ1) is 26.1. The van der Waals surface area contributed by atoms with Crippen molar-refractivity contribution in [2.75, 3.05) is 55.5 Å². The molecule has 0 amide bonds. The molecule has 5 aliphatic rings. The summed E-state index contributed by atoms with van der Waals surface area (Å²) >= 11 is 6.48. The summed E-state index contributed by atoms with van der Waals surface area (Å²) in [5.74, 6) is -1.02. The van der Waals surface area contributed by atoms with Crippen LogP contribution in [0, 0.1) is 41.9 Å². The monoisotopic (exact) mass is 778 g/mol. The number of nitriles is 1. The number of anilines is 3. The van der Waals surface area contributed by atoms with Gasteiger partial charge in [0.25, 0.3) is 0 Å². The predicted molar refractivity (Wildman–Crippen MR) is 203 cm³/mol. The van der Waals surface area contributed by atoms with Gasteiger partial charge in [-0.15, -0.1) is 0 Å². The highest BCUT2D eigenvalue weighted by Crippen LogP contribution is 2.53. The van der Waals surface area contributed by atoms with Crippen LogP contribution in [0.2, 0.25) is 5.02 Å². The average molecular weight is 779 g/mol. The van der Waals surface area contributed by atoms with E-state index in [0.29, 0.717) is 58.6 Å². The van der Waals surface area contributed by atoms with Gasteiger partial charge in [-0.1, -0.05) is 43.7 Å². The van der Waals surface area contributed by atoms with Crippen LogP contribution in [0.15, 0.2) is 29.8 Å². The van der Waals surface area contributed by atoms with Gasteiger partial charge in [-0.05, 0) is 56.1 Å². The number of aliphatic hydroxyl groups is 2. The third-order valence-corrected chi connectivity index (χ3v) is 12.9. The van der Waals surface area contributed by atoms with E-state index in [4.69, 9.17) is 31.6 Å². The Labute approximate surface area is 326 Å². The SMILES string of the molecule is CC(=O)O[C@@H]1C(C)=C[C@@H]2[C@H](C(C)CN3CCN(c4nc(C)c(C#N)c(N)n4)CC3)CC[C@@H](C)[C@]2(O)[C@H]1OC(=O)[C@@H]1C[C@@]2(O)c3cccc(Cl)c3N(C)O[C@H]2N1. The van der Waals surface area contributed by atoms with Crippen LogP contribution in [0.5, 0.6) is 0 Å². The predicted octanol–water partition coefficient (Wildman–Crippen LogP) is 2.80. The number of halogens is 1. The fourth-order valence-electron chi connectivity index (χ4n) is 9.69. The van der Waals surface area contributed by atoms with E-state index in [-0.39, 0.29) is 35.9 Å². The van der Waals surface area contributed by atoms with Gasteiger partial charge in [0.05, 0.1) is 16.4 Å². The van der Waals surface area contributed by atoms with Crippen molar-refractivity contribution in [1.29, 1.82) is 5.26 Å². The second kappa shape index (κ2) is 14.8. The van der Waals surface area contributed by atoms with Crippen LogP contribution >= 0.6 is 11.6 Å². The average Bonchev–Trinajstić information content (AvgIpc) is 3.48. The number of hydrogen-bond acceptors (Lipinski definition) is 15. The second-order valence-electron chi connectivity index (χ2n) is 16.1. The third-order valence-electron chi connectivity index (χ3n) is 12.6. The van der Waals surface area contributed by atoms with Crippen LogP contribution < -0.4 is 21.0 Å². The lowest BCUT2D eigenvalue weighted by molar-refractivity contribution is -0.225. The Hall–Kier alpha value is -4.04. The second-order valence-corrected chi connectivity index (χ2v) is 16.5. The number of aromatic nitrogens is 2. The maximum absolute atomic E-state index is 14.2. The number of hydroxylamine groups is 1. The first-order valence-electron chi connectivity index (χ1n) is 19.0. The number of ether oxygens (including phenoxy) is 2. The minimum atomic E-state index is -1.58. The molecule has 7 rings (SSSR count). The van der Waals surface area contributed by atoms with Gasteiger partial charge in [0.1, 0.15) is 34.7 Å². The van der Waals surface area contributed by atoms with Crippen LogP contribution in [-0.4, -0.2) is 107 Å². The van der Waals surface area contributed by atoms with Crippen molar-refractivity contribution in [3.63, 3.8) is 0 Å². The molecule has 10 atom stereocenters. The molecular formula is C39H51ClN8O7. The lowest BCUT2D eigenvalue weighted by Gasteiger charge is -2.56. The van der Waals surface area contributed by atoms with Crippen molar-refractivity contribution in [3.05, 3.63) is 51.7 Å². The van der Waals surface area contributed by atoms with Crippen molar-refractivity contribution < 1.29 is 34.1 Å². The number of nitrogens with zero attached hydrogens (tertiary/aromatic N) is 6. The first kappa shape index (κ1) is 39.2. The highest BCUT2D eigenvalue weighted by Gasteiger charge is 2.62. The number of nitrogens with two attached hydrogens (primary N) is 1. The molecule has 296 valence electrons. The highest BCUT2D eigenvalue weighted by atomic mass is 35.5. The van der Waals surface area contributed by atoms with Crippen LogP contribution in [0.25, 0.3) is 0 Å². The molecule has 2 aliphatic carbocycles. The fraction of sp³-hybridized carbons (Fsp3) is 0.615. The van der Waals surface area contributed by atoms with E-state index in [1.165, 1.54) is 12.0 Å². The molecule has 0 bridgehead atoms. The smallest absolute Gasteiger partial charge is 0.323 e. The van der Waals surface area contributed by atoms with Gasteiger partial charge in [-0.25, -0.2) is 4.98 Å². The zero-order valence-corrected chi connectivity index (χ0v) is 32.9. The Morgan fingerprint density at radius 3 is 2.58 bits per heavy atom. The molecule has 55 heavy (non-hydrogen) atoms. The zero-order valence-electron chi connectivity index (χ0n) is 32.2. The van der Waals surface area contributed by atoms with Crippen molar-refractivity contribution >= 4 is 41.0 Å². The third kappa shape index (κ3) is 6.80. The molecule has 2 aromatic rings. The molecule has 1 saturated carbocycles. The number of aryl methyl sites for hydroxylation is 1. The molecule has 1 aromatic heterocycles. The molecule has 0 spiro atoms. The van der Waals surface area contributed by atoms with E-state index >= 15 is 0 Å². The number of rotatable bonds is 7. The maximum Gasteiger partial charge on any atom is 0.323 e. The number of nitrogen functional groups attached to an aromatic ring is 1. The number of benzene rings is 1. The summed E-state index contributed by atoms with van der Waals surface area (Å²) < 4.78 is 12.1. The highest BCUT2D eigenvalue weighted by molar-refractivity contribution is 6.33. The quantitative estimate of drug-likeness (QED) is 0.236. The number of carbonyl (C=O) groups is 2. The molecule has 0 radical (unpaired) electrons. The molecule has 3 aliphatic heterocycles. The van der Waals surface area contributed by atoms with Gasteiger partial charge in [0.15, 0.2) is 18.4 Å². The number of carbonyl (C=O) groups excluding carboxylic acids is 2. The van der Waals surface area contributed by atoms with Crippen molar-refractivity contribution in [2.24, 2.45) is 23.7 Å². The lowest BCUT2D eigenvalue weighted by Crippen LogP contribution is -2.66. The summed E-state index contributed by atoms with van der Waals surface area (Å²) in [4.78, 5) is 46.0. The summed E-state index contributed by atoms with van der Waals surface area (Å²) in [7, 11) is 1.68. The zero-order chi connectivity index (χ0) is 39.6. The van der Waals surface area contributed by atoms with Gasteiger partial charge >= 0.3 is 11.9 Å².